The van der Waals surface area contributed by atoms with Gasteiger partial charge in [-0.15, -0.1) is 0 Å². The molecule has 1 aromatic heterocycles. The lowest BCUT2D eigenvalue weighted by Gasteiger charge is -2.06. The molecule has 0 aliphatic rings. The Morgan fingerprint density at radius 1 is 1.44 bits per heavy atom. The van der Waals surface area contributed by atoms with Gasteiger partial charge in [0.05, 0.1) is 11.6 Å². The van der Waals surface area contributed by atoms with E-state index >= 15 is 0 Å². The summed E-state index contributed by atoms with van der Waals surface area (Å²) < 4.78 is 8.10. The van der Waals surface area contributed by atoms with E-state index in [1.165, 1.54) is 0 Å². The predicted octanol–water partition coefficient (Wildman–Crippen LogP) is 3.23. The maximum atomic E-state index is 6.12. The van der Waals surface area contributed by atoms with Crippen LogP contribution in [0.15, 0.2) is 22.7 Å². The van der Waals surface area contributed by atoms with Gasteiger partial charge in [0.1, 0.15) is 23.1 Å². The van der Waals surface area contributed by atoms with Gasteiger partial charge in [-0.05, 0) is 48.0 Å². The van der Waals surface area contributed by atoms with Crippen molar-refractivity contribution in [1.82, 2.24) is 9.55 Å². The molecule has 96 valence electrons. The first-order valence-electron chi connectivity index (χ1n) is 5.75. The summed E-state index contributed by atoms with van der Waals surface area (Å²) in [5.41, 5.74) is 7.92. The summed E-state index contributed by atoms with van der Waals surface area (Å²) in [5, 5.41) is 0. The van der Waals surface area contributed by atoms with Crippen LogP contribution >= 0.6 is 15.9 Å². The Morgan fingerprint density at radius 3 is 2.67 bits per heavy atom. The average Bonchev–Trinajstić information content (AvgIpc) is 2.64. The number of aromatic nitrogens is 2. The van der Waals surface area contributed by atoms with E-state index in [-0.39, 0.29) is 0 Å². The number of imidazole rings is 1. The summed E-state index contributed by atoms with van der Waals surface area (Å²) >= 11 is 3.47. The highest BCUT2D eigenvalue weighted by Gasteiger charge is 2.13. The van der Waals surface area contributed by atoms with Gasteiger partial charge in [0.2, 0.25) is 0 Å². The van der Waals surface area contributed by atoms with E-state index < -0.39 is 0 Å². The number of nitrogens with zero attached hydrogens (tertiary/aromatic N) is 2. The molecule has 0 spiro atoms. The molecule has 2 aromatic rings. The molecule has 5 heteroatoms. The standard InChI is InChI=1S/C13H16BrN3O/c1-4-17-8(2)16-12(13(17)15)9-5-6-11(18-3)10(14)7-9/h5-7H,4,15H2,1-3H3. The summed E-state index contributed by atoms with van der Waals surface area (Å²) in [5.74, 6) is 2.42. The number of aryl methyl sites for hydroxylation is 1. The fraction of sp³-hybridized carbons (Fsp3) is 0.308. The zero-order chi connectivity index (χ0) is 13.3. The van der Waals surface area contributed by atoms with Crippen molar-refractivity contribution in [1.29, 1.82) is 0 Å². The fourth-order valence-corrected chi connectivity index (χ4v) is 2.55. The monoisotopic (exact) mass is 309 g/mol. The summed E-state index contributed by atoms with van der Waals surface area (Å²) in [7, 11) is 1.64. The van der Waals surface area contributed by atoms with Gasteiger partial charge in [-0.2, -0.15) is 0 Å². The maximum Gasteiger partial charge on any atom is 0.133 e. The van der Waals surface area contributed by atoms with E-state index in [1.54, 1.807) is 7.11 Å². The number of halogens is 1. The smallest absolute Gasteiger partial charge is 0.133 e. The topological polar surface area (TPSA) is 53.1 Å². The van der Waals surface area contributed by atoms with Crippen LogP contribution in [0.2, 0.25) is 0 Å². The molecule has 0 saturated heterocycles. The minimum atomic E-state index is 0.701. The van der Waals surface area contributed by atoms with Gasteiger partial charge in [0.15, 0.2) is 0 Å². The van der Waals surface area contributed by atoms with Crippen LogP contribution in [0.5, 0.6) is 5.75 Å². The molecule has 18 heavy (non-hydrogen) atoms. The first-order valence-corrected chi connectivity index (χ1v) is 6.54. The van der Waals surface area contributed by atoms with Gasteiger partial charge >= 0.3 is 0 Å². The second-order valence-electron chi connectivity index (χ2n) is 3.99. The molecule has 0 fully saturated rings. The highest BCUT2D eigenvalue weighted by atomic mass is 79.9. The van der Waals surface area contributed by atoms with E-state index in [4.69, 9.17) is 10.5 Å². The van der Waals surface area contributed by atoms with Crippen molar-refractivity contribution in [3.8, 4) is 17.0 Å². The van der Waals surface area contributed by atoms with Gasteiger partial charge in [0.25, 0.3) is 0 Å². The van der Waals surface area contributed by atoms with Crippen LogP contribution in [0.3, 0.4) is 0 Å². The molecule has 1 heterocycles. The van der Waals surface area contributed by atoms with Crippen LogP contribution in [0.25, 0.3) is 11.3 Å². The molecule has 0 atom stereocenters. The van der Waals surface area contributed by atoms with Gasteiger partial charge in [-0.25, -0.2) is 4.98 Å². The van der Waals surface area contributed by atoms with Crippen LogP contribution < -0.4 is 10.5 Å². The Balaban J connectivity index is 2.52. The third-order valence-electron chi connectivity index (χ3n) is 2.94. The van der Waals surface area contributed by atoms with E-state index in [9.17, 15) is 0 Å². The largest absolute Gasteiger partial charge is 0.496 e. The second kappa shape index (κ2) is 5.02. The maximum absolute atomic E-state index is 6.12. The van der Waals surface area contributed by atoms with Gasteiger partial charge in [0, 0.05) is 12.1 Å². The lowest BCUT2D eigenvalue weighted by atomic mass is 10.1. The quantitative estimate of drug-likeness (QED) is 0.947. The minimum Gasteiger partial charge on any atom is -0.496 e. The van der Waals surface area contributed by atoms with E-state index in [2.05, 4.69) is 27.8 Å². The number of anilines is 1. The van der Waals surface area contributed by atoms with Gasteiger partial charge < -0.3 is 15.0 Å². The minimum absolute atomic E-state index is 0.701. The number of hydrogen-bond donors (Lipinski definition) is 1. The highest BCUT2D eigenvalue weighted by molar-refractivity contribution is 9.10. The third-order valence-corrected chi connectivity index (χ3v) is 3.56. The number of nitrogen functional groups attached to an aromatic ring is 1. The predicted molar refractivity (Wildman–Crippen MR) is 76.7 cm³/mol. The fourth-order valence-electron chi connectivity index (χ4n) is 2.01. The normalized spacial score (nSPS) is 10.7. The van der Waals surface area contributed by atoms with Gasteiger partial charge in [-0.3, -0.25) is 0 Å². The Labute approximate surface area is 115 Å². The molecule has 0 radical (unpaired) electrons. The molecular formula is C13H16BrN3O. The van der Waals surface area contributed by atoms with Crippen LogP contribution in [0.1, 0.15) is 12.7 Å². The Morgan fingerprint density at radius 2 is 2.17 bits per heavy atom. The number of rotatable bonds is 3. The molecule has 1 aromatic carbocycles. The van der Waals surface area contributed by atoms with Crippen molar-refractivity contribution in [2.45, 2.75) is 20.4 Å². The molecule has 0 amide bonds. The molecular weight excluding hydrogens is 294 g/mol. The van der Waals surface area contributed by atoms with Gasteiger partial charge in [-0.1, -0.05) is 0 Å². The van der Waals surface area contributed by atoms with Crippen molar-refractivity contribution in [3.05, 3.63) is 28.5 Å². The van der Waals surface area contributed by atoms with E-state index in [0.717, 1.165) is 33.8 Å². The highest BCUT2D eigenvalue weighted by Crippen LogP contribution is 2.32. The van der Waals surface area contributed by atoms with E-state index in [1.807, 2.05) is 29.7 Å². The summed E-state index contributed by atoms with van der Waals surface area (Å²) in [6.07, 6.45) is 0. The van der Waals surface area contributed by atoms with Crippen LogP contribution in [0.4, 0.5) is 5.82 Å². The Bertz CT molecular complexity index is 578. The first-order chi connectivity index (χ1) is 8.58. The van der Waals surface area contributed by atoms with Crippen LogP contribution in [-0.2, 0) is 6.54 Å². The van der Waals surface area contributed by atoms with Crippen molar-refractivity contribution >= 4 is 21.7 Å². The lowest BCUT2D eigenvalue weighted by Crippen LogP contribution is -2.02. The number of nitrogens with two attached hydrogens (primary N) is 1. The lowest BCUT2D eigenvalue weighted by molar-refractivity contribution is 0.412. The number of benzene rings is 1. The van der Waals surface area contributed by atoms with E-state index in [0.29, 0.717) is 5.82 Å². The Hall–Kier alpha value is -1.49. The summed E-state index contributed by atoms with van der Waals surface area (Å²) in [4.78, 5) is 4.52. The molecule has 2 rings (SSSR count). The number of methoxy groups -OCH3 is 1. The van der Waals surface area contributed by atoms with Crippen LogP contribution in [0, 0.1) is 6.92 Å². The summed E-state index contributed by atoms with van der Waals surface area (Å²) in [6, 6.07) is 5.83. The molecule has 4 nitrogen and oxygen atoms in total. The summed E-state index contributed by atoms with van der Waals surface area (Å²) in [6.45, 7) is 4.84. The van der Waals surface area contributed by atoms with Crippen LogP contribution in [-0.4, -0.2) is 16.7 Å². The Kier molecular flexibility index (Phi) is 3.61. The second-order valence-corrected chi connectivity index (χ2v) is 4.84. The SMILES string of the molecule is CCn1c(C)nc(-c2ccc(OC)c(Br)c2)c1N. The zero-order valence-electron chi connectivity index (χ0n) is 10.7. The molecule has 2 N–H and O–H groups in total. The zero-order valence-corrected chi connectivity index (χ0v) is 12.3. The van der Waals surface area contributed by atoms with Crippen molar-refractivity contribution in [2.75, 3.05) is 12.8 Å². The molecule has 0 aliphatic carbocycles. The number of ether oxygens (including phenoxy) is 1. The average molecular weight is 310 g/mol. The molecule has 0 saturated carbocycles. The van der Waals surface area contributed by atoms with Crippen molar-refractivity contribution < 1.29 is 4.74 Å². The van der Waals surface area contributed by atoms with Crippen molar-refractivity contribution in [3.63, 3.8) is 0 Å². The van der Waals surface area contributed by atoms with Crippen molar-refractivity contribution in [2.24, 2.45) is 0 Å². The number of hydrogen-bond acceptors (Lipinski definition) is 3. The molecule has 0 unspecified atom stereocenters. The first kappa shape index (κ1) is 13.0. The third kappa shape index (κ3) is 2.10. The molecule has 0 aliphatic heterocycles. The molecule has 0 bridgehead atoms.